The Morgan fingerprint density at radius 2 is 2.05 bits per heavy atom. The average Bonchev–Trinajstić information content (AvgIpc) is 2.88. The molecule has 1 heterocycles. The Kier molecular flexibility index (Phi) is 5.52. The van der Waals surface area contributed by atoms with Gasteiger partial charge in [-0.1, -0.05) is 32.4 Å². The molecule has 0 saturated heterocycles. The van der Waals surface area contributed by atoms with Crippen molar-refractivity contribution in [3.05, 3.63) is 29.3 Å². The number of fused-ring (bicyclic) bond motifs is 1. The van der Waals surface area contributed by atoms with Gasteiger partial charge in [0, 0.05) is 18.5 Å². The number of para-hydroxylation sites is 1. The minimum Gasteiger partial charge on any atom is -0.392 e. The van der Waals surface area contributed by atoms with E-state index in [1.54, 1.807) is 11.3 Å². The zero-order valence-corrected chi connectivity index (χ0v) is 13.3. The highest BCUT2D eigenvalue weighted by Gasteiger charge is 2.18. The van der Waals surface area contributed by atoms with Crippen LogP contribution in [-0.4, -0.2) is 28.8 Å². The van der Waals surface area contributed by atoms with Crippen LogP contribution in [0.15, 0.2) is 24.3 Å². The fourth-order valence-corrected chi connectivity index (χ4v) is 3.36. The average molecular weight is 292 g/mol. The summed E-state index contributed by atoms with van der Waals surface area (Å²) in [6.07, 6.45) is 1.63. The lowest BCUT2D eigenvalue weighted by Crippen LogP contribution is -2.36. The fourth-order valence-electron chi connectivity index (χ4n) is 2.23. The Bertz CT molecular complexity index is 507. The quantitative estimate of drug-likeness (QED) is 0.820. The number of hydrogen-bond donors (Lipinski definition) is 2. The Morgan fingerprint density at radius 1 is 1.30 bits per heavy atom. The Labute approximate surface area is 125 Å². The summed E-state index contributed by atoms with van der Waals surface area (Å²) >= 11 is 1.76. The molecule has 1 aromatic carbocycles. The van der Waals surface area contributed by atoms with Crippen molar-refractivity contribution >= 4 is 21.6 Å². The number of nitrogens with one attached hydrogen (secondary N) is 1. The lowest BCUT2D eigenvalue weighted by molar-refractivity contribution is 0.155. The lowest BCUT2D eigenvalue weighted by Gasteiger charge is -2.21. The SMILES string of the molecule is CCCC(O)CNC(C)C(C)c1nc2ccccc2s1. The van der Waals surface area contributed by atoms with Gasteiger partial charge in [-0.3, -0.25) is 0 Å². The third-order valence-electron chi connectivity index (χ3n) is 3.75. The maximum atomic E-state index is 9.79. The second-order valence-corrected chi connectivity index (χ2v) is 6.51. The van der Waals surface area contributed by atoms with Crippen LogP contribution >= 0.6 is 11.3 Å². The standard InChI is InChI=1S/C16H24N2OS/c1-4-7-13(19)10-17-12(3)11(2)16-18-14-8-5-6-9-15(14)20-16/h5-6,8-9,11-13,17,19H,4,7,10H2,1-3H3. The molecule has 3 nitrogen and oxygen atoms in total. The summed E-state index contributed by atoms with van der Waals surface area (Å²) in [7, 11) is 0. The molecule has 0 amide bonds. The Balaban J connectivity index is 1.97. The van der Waals surface area contributed by atoms with E-state index in [0.29, 0.717) is 18.5 Å². The molecule has 0 radical (unpaired) electrons. The van der Waals surface area contributed by atoms with E-state index >= 15 is 0 Å². The summed E-state index contributed by atoms with van der Waals surface area (Å²) in [5.41, 5.74) is 1.08. The minimum absolute atomic E-state index is 0.245. The topological polar surface area (TPSA) is 45.1 Å². The molecule has 4 heteroatoms. The van der Waals surface area contributed by atoms with Gasteiger partial charge >= 0.3 is 0 Å². The number of aliphatic hydroxyl groups excluding tert-OH is 1. The van der Waals surface area contributed by atoms with Crippen LogP contribution in [0.5, 0.6) is 0 Å². The van der Waals surface area contributed by atoms with Crippen LogP contribution in [0.4, 0.5) is 0 Å². The van der Waals surface area contributed by atoms with Gasteiger partial charge < -0.3 is 10.4 Å². The van der Waals surface area contributed by atoms with E-state index in [-0.39, 0.29) is 6.10 Å². The molecule has 2 N–H and O–H groups in total. The van der Waals surface area contributed by atoms with Gasteiger partial charge in [0.05, 0.1) is 21.3 Å². The zero-order chi connectivity index (χ0) is 14.5. The van der Waals surface area contributed by atoms with Crippen LogP contribution in [0, 0.1) is 0 Å². The fraction of sp³-hybridized carbons (Fsp3) is 0.562. The highest BCUT2D eigenvalue weighted by Crippen LogP contribution is 2.28. The molecule has 3 unspecified atom stereocenters. The molecule has 0 fully saturated rings. The van der Waals surface area contributed by atoms with Gasteiger partial charge in [0.25, 0.3) is 0 Å². The number of aliphatic hydroxyl groups is 1. The van der Waals surface area contributed by atoms with Crippen LogP contribution in [-0.2, 0) is 0 Å². The smallest absolute Gasteiger partial charge is 0.0982 e. The molecule has 110 valence electrons. The van der Waals surface area contributed by atoms with Crippen molar-refractivity contribution in [2.24, 2.45) is 0 Å². The summed E-state index contributed by atoms with van der Waals surface area (Å²) in [6.45, 7) is 7.11. The number of aromatic nitrogens is 1. The summed E-state index contributed by atoms with van der Waals surface area (Å²) < 4.78 is 1.24. The molecule has 20 heavy (non-hydrogen) atoms. The van der Waals surface area contributed by atoms with E-state index in [1.165, 1.54) is 4.70 Å². The highest BCUT2D eigenvalue weighted by atomic mass is 32.1. The van der Waals surface area contributed by atoms with Gasteiger partial charge in [-0.2, -0.15) is 0 Å². The van der Waals surface area contributed by atoms with Crippen LogP contribution in [0.2, 0.25) is 0 Å². The maximum Gasteiger partial charge on any atom is 0.0982 e. The normalized spacial score (nSPS) is 16.2. The first kappa shape index (κ1) is 15.4. The molecule has 3 atom stereocenters. The van der Waals surface area contributed by atoms with E-state index < -0.39 is 0 Å². The van der Waals surface area contributed by atoms with E-state index in [0.717, 1.165) is 23.4 Å². The molecule has 0 aliphatic heterocycles. The first-order valence-electron chi connectivity index (χ1n) is 7.38. The third kappa shape index (κ3) is 3.78. The monoisotopic (exact) mass is 292 g/mol. The van der Waals surface area contributed by atoms with Crippen molar-refractivity contribution in [1.29, 1.82) is 0 Å². The number of hydrogen-bond acceptors (Lipinski definition) is 4. The van der Waals surface area contributed by atoms with Crippen molar-refractivity contribution in [1.82, 2.24) is 10.3 Å². The van der Waals surface area contributed by atoms with Gasteiger partial charge in [-0.25, -0.2) is 4.98 Å². The van der Waals surface area contributed by atoms with Crippen molar-refractivity contribution in [2.75, 3.05) is 6.54 Å². The summed E-state index contributed by atoms with van der Waals surface area (Å²) in [5, 5.41) is 14.4. The molecule has 0 spiro atoms. The molecule has 0 bridgehead atoms. The van der Waals surface area contributed by atoms with Crippen LogP contribution in [0.25, 0.3) is 10.2 Å². The predicted molar refractivity (Wildman–Crippen MR) is 86.4 cm³/mol. The summed E-state index contributed by atoms with van der Waals surface area (Å²) in [5.74, 6) is 0.348. The molecule has 1 aromatic heterocycles. The summed E-state index contributed by atoms with van der Waals surface area (Å²) in [6, 6.07) is 8.57. The molecule has 0 aliphatic carbocycles. The van der Waals surface area contributed by atoms with Gasteiger partial charge in [-0.15, -0.1) is 11.3 Å². The van der Waals surface area contributed by atoms with Gasteiger partial charge in [-0.05, 0) is 25.5 Å². The third-order valence-corrected chi connectivity index (χ3v) is 4.98. The maximum absolute atomic E-state index is 9.79. The first-order chi connectivity index (χ1) is 9.61. The minimum atomic E-state index is -0.245. The lowest BCUT2D eigenvalue weighted by atomic mass is 10.0. The van der Waals surface area contributed by atoms with E-state index in [1.807, 2.05) is 6.07 Å². The van der Waals surface area contributed by atoms with Crippen molar-refractivity contribution in [2.45, 2.75) is 51.7 Å². The van der Waals surface area contributed by atoms with Crippen molar-refractivity contribution < 1.29 is 5.11 Å². The molecular weight excluding hydrogens is 268 g/mol. The van der Waals surface area contributed by atoms with Crippen LogP contribution in [0.1, 0.15) is 44.5 Å². The zero-order valence-electron chi connectivity index (χ0n) is 12.5. The molecule has 0 aliphatic rings. The van der Waals surface area contributed by atoms with Gasteiger partial charge in [0.15, 0.2) is 0 Å². The number of benzene rings is 1. The van der Waals surface area contributed by atoms with Crippen LogP contribution < -0.4 is 5.32 Å². The number of rotatable bonds is 7. The number of thiazole rings is 1. The molecule has 0 saturated carbocycles. The predicted octanol–water partition coefficient (Wildman–Crippen LogP) is 3.54. The summed E-state index contributed by atoms with van der Waals surface area (Å²) in [4.78, 5) is 4.71. The largest absolute Gasteiger partial charge is 0.392 e. The number of nitrogens with zero attached hydrogens (tertiary/aromatic N) is 1. The van der Waals surface area contributed by atoms with Crippen molar-refractivity contribution in [3.8, 4) is 0 Å². The second kappa shape index (κ2) is 7.16. The first-order valence-corrected chi connectivity index (χ1v) is 8.20. The molecular formula is C16H24N2OS. The van der Waals surface area contributed by atoms with Gasteiger partial charge in [0.1, 0.15) is 0 Å². The van der Waals surface area contributed by atoms with Crippen LogP contribution in [0.3, 0.4) is 0 Å². The van der Waals surface area contributed by atoms with E-state index in [4.69, 9.17) is 4.98 Å². The van der Waals surface area contributed by atoms with E-state index in [2.05, 4.69) is 44.3 Å². The van der Waals surface area contributed by atoms with Crippen molar-refractivity contribution in [3.63, 3.8) is 0 Å². The second-order valence-electron chi connectivity index (χ2n) is 5.45. The highest BCUT2D eigenvalue weighted by molar-refractivity contribution is 7.18. The van der Waals surface area contributed by atoms with E-state index in [9.17, 15) is 5.11 Å². The Hall–Kier alpha value is -0.970. The molecule has 2 rings (SSSR count). The van der Waals surface area contributed by atoms with Gasteiger partial charge in [0.2, 0.25) is 0 Å². The Morgan fingerprint density at radius 3 is 2.75 bits per heavy atom. The molecule has 2 aromatic rings.